The van der Waals surface area contributed by atoms with Crippen LogP contribution < -0.4 is 5.32 Å². The number of hydrogen-bond donors (Lipinski definition) is 1. The second kappa shape index (κ2) is 6.96. The number of fused-ring (bicyclic) bond motifs is 1. The Morgan fingerprint density at radius 3 is 2.50 bits per heavy atom. The first-order valence-electron chi connectivity index (χ1n) is 8.63. The van der Waals surface area contributed by atoms with Crippen LogP contribution in [0, 0.1) is 11.8 Å². The van der Waals surface area contributed by atoms with Crippen molar-refractivity contribution in [2.75, 3.05) is 13.1 Å². The highest BCUT2D eigenvalue weighted by atomic mass is 35.5. The average Bonchev–Trinajstić information content (AvgIpc) is 3.08. The van der Waals surface area contributed by atoms with E-state index >= 15 is 0 Å². The molecule has 4 nitrogen and oxygen atoms in total. The van der Waals surface area contributed by atoms with Crippen molar-refractivity contribution in [3.8, 4) is 0 Å². The smallest absolute Gasteiger partial charge is 0.311 e. The summed E-state index contributed by atoms with van der Waals surface area (Å²) in [6.07, 6.45) is -2.60. The molecule has 3 rings (SSSR count). The molecule has 26 heavy (non-hydrogen) atoms. The zero-order valence-corrected chi connectivity index (χ0v) is 16.1. The van der Waals surface area contributed by atoms with Crippen LogP contribution in [0.1, 0.15) is 32.3 Å². The Labute approximate surface area is 156 Å². The van der Waals surface area contributed by atoms with Gasteiger partial charge in [0.05, 0.1) is 10.6 Å². The van der Waals surface area contributed by atoms with Gasteiger partial charge < -0.3 is 5.32 Å². The van der Waals surface area contributed by atoms with E-state index in [4.69, 9.17) is 11.6 Å². The van der Waals surface area contributed by atoms with E-state index in [1.54, 1.807) is 0 Å². The van der Waals surface area contributed by atoms with Crippen molar-refractivity contribution in [1.82, 2.24) is 9.62 Å². The molecule has 0 amide bonds. The molecule has 1 aromatic carbocycles. The molecule has 1 saturated carbocycles. The largest absolute Gasteiger partial charge is 0.416 e. The fourth-order valence-electron chi connectivity index (χ4n) is 4.08. The zero-order valence-electron chi connectivity index (χ0n) is 14.6. The third kappa shape index (κ3) is 3.74. The summed E-state index contributed by atoms with van der Waals surface area (Å²) in [6, 6.07) is 2.98. The SMILES string of the molecule is CC(C)N[C@H]1CC[C@@H]2CN(S(=O)(=O)c3ccc(C(F)(F)F)cc3Cl)C[C@@H]21. The third-order valence-corrected chi connectivity index (χ3v) is 7.56. The lowest BCUT2D eigenvalue weighted by molar-refractivity contribution is -0.137. The minimum Gasteiger partial charge on any atom is -0.311 e. The van der Waals surface area contributed by atoms with Crippen molar-refractivity contribution in [3.05, 3.63) is 28.8 Å². The monoisotopic (exact) mass is 410 g/mol. The predicted octanol–water partition coefficient (Wildman–Crippen LogP) is 3.76. The Hall–Kier alpha value is -0.830. The summed E-state index contributed by atoms with van der Waals surface area (Å²) < 4.78 is 65.5. The molecular formula is C17H22ClF3N2O2S. The lowest BCUT2D eigenvalue weighted by Gasteiger charge is -2.24. The topological polar surface area (TPSA) is 49.4 Å². The minimum absolute atomic E-state index is 0.223. The summed E-state index contributed by atoms with van der Waals surface area (Å²) in [5, 5.41) is 3.09. The molecule has 1 N–H and O–H groups in total. The first-order chi connectivity index (χ1) is 12.0. The zero-order chi connectivity index (χ0) is 19.3. The van der Waals surface area contributed by atoms with Gasteiger partial charge in [0.15, 0.2) is 0 Å². The second-order valence-electron chi connectivity index (χ2n) is 7.39. The normalized spacial score (nSPS) is 27.3. The van der Waals surface area contributed by atoms with Gasteiger partial charge in [-0.3, -0.25) is 0 Å². The molecule has 0 spiro atoms. The quantitative estimate of drug-likeness (QED) is 0.822. The van der Waals surface area contributed by atoms with Gasteiger partial charge in [0.1, 0.15) is 4.90 Å². The highest BCUT2D eigenvalue weighted by Crippen LogP contribution is 2.41. The van der Waals surface area contributed by atoms with Gasteiger partial charge in [0, 0.05) is 25.2 Å². The van der Waals surface area contributed by atoms with E-state index < -0.39 is 26.8 Å². The summed E-state index contributed by atoms with van der Waals surface area (Å²) in [7, 11) is -3.92. The van der Waals surface area contributed by atoms with Crippen LogP contribution in [-0.4, -0.2) is 37.9 Å². The number of sulfonamides is 1. The van der Waals surface area contributed by atoms with Gasteiger partial charge in [-0.15, -0.1) is 0 Å². The number of alkyl halides is 3. The number of nitrogens with one attached hydrogen (secondary N) is 1. The average molecular weight is 411 g/mol. The van der Waals surface area contributed by atoms with E-state index in [2.05, 4.69) is 19.2 Å². The van der Waals surface area contributed by atoms with Crippen LogP contribution in [0.2, 0.25) is 5.02 Å². The van der Waals surface area contributed by atoms with E-state index in [1.165, 1.54) is 4.31 Å². The molecule has 1 aliphatic carbocycles. The Morgan fingerprint density at radius 2 is 1.92 bits per heavy atom. The molecular weight excluding hydrogens is 389 g/mol. The summed E-state index contributed by atoms with van der Waals surface area (Å²) in [6.45, 7) is 4.87. The summed E-state index contributed by atoms with van der Waals surface area (Å²) in [5.74, 6) is 0.495. The van der Waals surface area contributed by atoms with Gasteiger partial charge in [-0.1, -0.05) is 25.4 Å². The van der Waals surface area contributed by atoms with Crippen LogP contribution in [0.5, 0.6) is 0 Å². The van der Waals surface area contributed by atoms with Crippen molar-refractivity contribution < 1.29 is 21.6 Å². The molecule has 1 aromatic rings. The molecule has 1 heterocycles. The Bertz CT molecular complexity index is 783. The summed E-state index contributed by atoms with van der Waals surface area (Å²) in [5.41, 5.74) is -0.957. The Kier molecular flexibility index (Phi) is 5.33. The van der Waals surface area contributed by atoms with Crippen molar-refractivity contribution >= 4 is 21.6 Å². The highest BCUT2D eigenvalue weighted by molar-refractivity contribution is 7.89. The number of nitrogens with zero attached hydrogens (tertiary/aromatic N) is 1. The van der Waals surface area contributed by atoms with Gasteiger partial charge in [-0.2, -0.15) is 17.5 Å². The fourth-order valence-corrected chi connectivity index (χ4v) is 6.13. The second-order valence-corrected chi connectivity index (χ2v) is 9.71. The maximum Gasteiger partial charge on any atom is 0.416 e. The molecule has 146 valence electrons. The molecule has 0 radical (unpaired) electrons. The van der Waals surface area contributed by atoms with Crippen molar-refractivity contribution in [2.45, 2.75) is 49.8 Å². The number of halogens is 4. The van der Waals surface area contributed by atoms with E-state index in [0.29, 0.717) is 25.2 Å². The summed E-state index contributed by atoms with van der Waals surface area (Å²) in [4.78, 5) is -0.263. The molecule has 9 heteroatoms. The molecule has 0 aromatic heterocycles. The standard InChI is InChI=1S/C17H22ClF3N2O2S/c1-10(2)22-15-5-3-11-8-23(9-13(11)15)26(24,25)16-6-4-12(7-14(16)18)17(19,20)21/h4,6-7,10-11,13,15,22H,3,5,8-9H2,1-2H3/t11-,13+,15+/m1/s1. The molecule has 1 aliphatic heterocycles. The van der Waals surface area contributed by atoms with E-state index in [-0.39, 0.29) is 22.8 Å². The van der Waals surface area contributed by atoms with Crippen LogP contribution in [-0.2, 0) is 16.2 Å². The lowest BCUT2D eigenvalue weighted by Crippen LogP contribution is -2.40. The van der Waals surface area contributed by atoms with E-state index in [9.17, 15) is 21.6 Å². The van der Waals surface area contributed by atoms with Gasteiger partial charge in [-0.25, -0.2) is 8.42 Å². The van der Waals surface area contributed by atoms with Crippen molar-refractivity contribution in [1.29, 1.82) is 0 Å². The van der Waals surface area contributed by atoms with Crippen LogP contribution in [0.4, 0.5) is 13.2 Å². The Morgan fingerprint density at radius 1 is 1.23 bits per heavy atom. The van der Waals surface area contributed by atoms with E-state index in [0.717, 1.165) is 25.0 Å². The Balaban J connectivity index is 1.82. The number of rotatable bonds is 4. The van der Waals surface area contributed by atoms with Gasteiger partial charge in [-0.05, 0) is 42.9 Å². The molecule has 3 atom stereocenters. The predicted molar refractivity (Wildman–Crippen MR) is 93.5 cm³/mol. The van der Waals surface area contributed by atoms with Crippen LogP contribution in [0.3, 0.4) is 0 Å². The van der Waals surface area contributed by atoms with Crippen molar-refractivity contribution in [2.24, 2.45) is 11.8 Å². The van der Waals surface area contributed by atoms with Gasteiger partial charge >= 0.3 is 6.18 Å². The van der Waals surface area contributed by atoms with Crippen LogP contribution >= 0.6 is 11.6 Å². The minimum atomic E-state index is -4.56. The van der Waals surface area contributed by atoms with Crippen LogP contribution in [0.25, 0.3) is 0 Å². The molecule has 2 fully saturated rings. The highest BCUT2D eigenvalue weighted by Gasteiger charge is 2.46. The number of benzene rings is 1. The van der Waals surface area contributed by atoms with Crippen LogP contribution in [0.15, 0.2) is 23.1 Å². The van der Waals surface area contributed by atoms with Gasteiger partial charge in [0.25, 0.3) is 0 Å². The molecule has 0 unspecified atom stereocenters. The molecule has 1 saturated heterocycles. The fraction of sp³-hybridized carbons (Fsp3) is 0.647. The lowest BCUT2D eigenvalue weighted by atomic mass is 9.97. The molecule has 0 bridgehead atoms. The third-order valence-electron chi connectivity index (χ3n) is 5.25. The first-order valence-corrected chi connectivity index (χ1v) is 10.4. The first kappa shape index (κ1) is 19.9. The number of hydrogen-bond acceptors (Lipinski definition) is 3. The van der Waals surface area contributed by atoms with E-state index in [1.807, 2.05) is 0 Å². The van der Waals surface area contributed by atoms with Crippen molar-refractivity contribution in [3.63, 3.8) is 0 Å². The van der Waals surface area contributed by atoms with Gasteiger partial charge in [0.2, 0.25) is 10.0 Å². The maximum absolute atomic E-state index is 12.9. The molecule has 2 aliphatic rings. The maximum atomic E-state index is 12.9. The summed E-state index contributed by atoms with van der Waals surface area (Å²) >= 11 is 5.90.